The summed E-state index contributed by atoms with van der Waals surface area (Å²) in [5.74, 6) is 6.74. The summed E-state index contributed by atoms with van der Waals surface area (Å²) in [5.41, 5.74) is 1.35. The lowest BCUT2D eigenvalue weighted by Gasteiger charge is -2.34. The number of rotatable bonds is 6. The number of aromatic nitrogens is 1. The molecule has 1 atom stereocenters. The van der Waals surface area contributed by atoms with E-state index in [2.05, 4.69) is 34.7 Å². The first-order valence-corrected chi connectivity index (χ1v) is 8.51. The van der Waals surface area contributed by atoms with Gasteiger partial charge in [-0.05, 0) is 37.4 Å². The third-order valence-electron chi connectivity index (χ3n) is 4.25. The van der Waals surface area contributed by atoms with E-state index >= 15 is 0 Å². The average molecular weight is 284 g/mol. The van der Waals surface area contributed by atoms with Crippen LogP contribution in [0.15, 0.2) is 24.5 Å². The Morgan fingerprint density at radius 2 is 2.19 bits per heavy atom. The number of nitrogens with zero attached hydrogens (tertiary/aromatic N) is 2. The normalized spacial score (nSPS) is 19.0. The molecule has 2 nitrogen and oxygen atoms in total. The van der Waals surface area contributed by atoms with Crippen molar-refractivity contribution in [1.82, 2.24) is 9.88 Å². The smallest absolute Gasteiger partial charge is 0.0606 e. The van der Waals surface area contributed by atoms with Gasteiger partial charge < -0.3 is 0 Å². The van der Waals surface area contributed by atoms with Gasteiger partial charge in [0.05, 0.1) is 6.54 Å². The van der Waals surface area contributed by atoms with Crippen LogP contribution < -0.4 is 0 Å². The number of likely N-dealkylation sites (tertiary alicyclic amines) is 1. The minimum absolute atomic E-state index is 0.516. The molecule has 0 saturated carbocycles. The summed E-state index contributed by atoms with van der Waals surface area (Å²) >= 11 is 0. The second kappa shape index (κ2) is 9.58. The lowest BCUT2D eigenvalue weighted by molar-refractivity contribution is 0.169. The molecule has 114 valence electrons. The van der Waals surface area contributed by atoms with E-state index in [1.807, 2.05) is 18.5 Å². The van der Waals surface area contributed by atoms with Gasteiger partial charge in [0.15, 0.2) is 0 Å². The Morgan fingerprint density at radius 1 is 1.24 bits per heavy atom. The van der Waals surface area contributed by atoms with Crippen LogP contribution in [0.25, 0.3) is 0 Å². The molecule has 1 saturated heterocycles. The molecule has 1 aliphatic heterocycles. The third kappa shape index (κ3) is 5.52. The van der Waals surface area contributed by atoms with Crippen LogP contribution in [-0.2, 0) is 0 Å². The summed E-state index contributed by atoms with van der Waals surface area (Å²) < 4.78 is 0. The maximum Gasteiger partial charge on any atom is 0.0606 e. The van der Waals surface area contributed by atoms with Crippen LogP contribution in [0.4, 0.5) is 0 Å². The fourth-order valence-electron chi connectivity index (χ4n) is 3.02. The summed E-state index contributed by atoms with van der Waals surface area (Å²) in [5, 5.41) is 0. The predicted molar refractivity (Wildman–Crippen MR) is 88.9 cm³/mol. The number of hydrogen-bond donors (Lipinski definition) is 0. The van der Waals surface area contributed by atoms with Crippen molar-refractivity contribution >= 4 is 0 Å². The largest absolute Gasteiger partial charge is 0.285 e. The maximum atomic E-state index is 4.27. The van der Waals surface area contributed by atoms with Crippen LogP contribution in [0, 0.1) is 11.8 Å². The molecule has 1 aromatic heterocycles. The lowest BCUT2D eigenvalue weighted by atomic mass is 9.96. The summed E-state index contributed by atoms with van der Waals surface area (Å²) in [6.45, 7) is 4.33. The molecule has 21 heavy (non-hydrogen) atoms. The summed E-state index contributed by atoms with van der Waals surface area (Å²) in [6.07, 6.45) is 14.0. The fraction of sp³-hybridized carbons (Fsp3) is 0.632. The van der Waals surface area contributed by atoms with Crippen LogP contribution in [0.5, 0.6) is 0 Å². The van der Waals surface area contributed by atoms with Gasteiger partial charge in [-0.3, -0.25) is 9.88 Å². The van der Waals surface area contributed by atoms with Crippen LogP contribution in [0.3, 0.4) is 0 Å². The quantitative estimate of drug-likeness (QED) is 0.561. The van der Waals surface area contributed by atoms with Gasteiger partial charge in [-0.2, -0.15) is 0 Å². The second-order valence-electron chi connectivity index (χ2n) is 5.93. The predicted octanol–water partition coefficient (Wildman–Crippen LogP) is 4.58. The minimum Gasteiger partial charge on any atom is -0.285 e. The zero-order chi connectivity index (χ0) is 14.8. The molecule has 0 radical (unpaired) electrons. The lowest BCUT2D eigenvalue weighted by Crippen LogP contribution is -2.33. The van der Waals surface area contributed by atoms with Gasteiger partial charge in [0.25, 0.3) is 0 Å². The Balaban J connectivity index is 1.81. The van der Waals surface area contributed by atoms with Gasteiger partial charge in [0, 0.05) is 24.9 Å². The topological polar surface area (TPSA) is 16.1 Å². The molecule has 2 rings (SSSR count). The highest BCUT2D eigenvalue weighted by atomic mass is 15.2. The summed E-state index contributed by atoms with van der Waals surface area (Å²) in [6, 6.07) is 4.76. The standard InChI is InChI=1S/C19H28N2/c1-2-3-4-5-6-7-9-15-21-16-10-8-13-19(21)18-12-11-14-20-17-18/h11-12,14,17,19H,2-6,8,10,13,15-16H2,1H3/t19-/m1/s1. The van der Waals surface area contributed by atoms with E-state index in [-0.39, 0.29) is 0 Å². The van der Waals surface area contributed by atoms with E-state index in [1.54, 1.807) is 0 Å². The molecular formula is C19H28N2. The van der Waals surface area contributed by atoms with E-state index in [4.69, 9.17) is 0 Å². The molecule has 0 aliphatic carbocycles. The zero-order valence-electron chi connectivity index (χ0n) is 13.4. The molecule has 1 fully saturated rings. The van der Waals surface area contributed by atoms with Gasteiger partial charge in [0.1, 0.15) is 0 Å². The minimum atomic E-state index is 0.516. The molecule has 0 aromatic carbocycles. The van der Waals surface area contributed by atoms with Gasteiger partial charge in [-0.15, -0.1) is 5.92 Å². The zero-order valence-corrected chi connectivity index (χ0v) is 13.4. The number of pyridine rings is 1. The van der Waals surface area contributed by atoms with Crippen molar-refractivity contribution in [3.05, 3.63) is 30.1 Å². The summed E-state index contributed by atoms with van der Waals surface area (Å²) in [7, 11) is 0. The van der Waals surface area contributed by atoms with E-state index < -0.39 is 0 Å². The molecule has 1 aliphatic rings. The Morgan fingerprint density at radius 3 is 3.00 bits per heavy atom. The van der Waals surface area contributed by atoms with E-state index in [0.29, 0.717) is 6.04 Å². The molecule has 0 bridgehead atoms. The van der Waals surface area contributed by atoms with E-state index in [1.165, 1.54) is 57.1 Å². The molecule has 0 unspecified atom stereocenters. The van der Waals surface area contributed by atoms with Crippen molar-refractivity contribution in [2.45, 2.75) is 64.3 Å². The van der Waals surface area contributed by atoms with Crippen molar-refractivity contribution in [3.8, 4) is 11.8 Å². The fourth-order valence-corrected chi connectivity index (χ4v) is 3.02. The van der Waals surface area contributed by atoms with Crippen LogP contribution >= 0.6 is 0 Å². The molecule has 2 heteroatoms. The van der Waals surface area contributed by atoms with Crippen molar-refractivity contribution in [2.24, 2.45) is 0 Å². The first-order valence-electron chi connectivity index (χ1n) is 8.51. The van der Waals surface area contributed by atoms with Gasteiger partial charge in [-0.25, -0.2) is 0 Å². The monoisotopic (exact) mass is 284 g/mol. The van der Waals surface area contributed by atoms with Gasteiger partial charge in [-0.1, -0.05) is 44.6 Å². The van der Waals surface area contributed by atoms with E-state index in [0.717, 1.165) is 13.0 Å². The van der Waals surface area contributed by atoms with Gasteiger partial charge in [0.2, 0.25) is 0 Å². The van der Waals surface area contributed by atoms with Crippen molar-refractivity contribution in [1.29, 1.82) is 0 Å². The highest BCUT2D eigenvalue weighted by Crippen LogP contribution is 2.29. The maximum absolute atomic E-state index is 4.27. The molecular weight excluding hydrogens is 256 g/mol. The Hall–Kier alpha value is -1.33. The van der Waals surface area contributed by atoms with Crippen molar-refractivity contribution in [3.63, 3.8) is 0 Å². The highest BCUT2D eigenvalue weighted by Gasteiger charge is 2.22. The Bertz CT molecular complexity index is 444. The number of unbranched alkanes of at least 4 members (excludes halogenated alkanes) is 4. The molecule has 0 amide bonds. The average Bonchev–Trinajstić information content (AvgIpc) is 2.55. The van der Waals surface area contributed by atoms with Crippen LogP contribution in [-0.4, -0.2) is 23.0 Å². The number of hydrogen-bond acceptors (Lipinski definition) is 2. The first kappa shape index (κ1) is 16.0. The third-order valence-corrected chi connectivity index (χ3v) is 4.25. The molecule has 2 heterocycles. The van der Waals surface area contributed by atoms with Crippen molar-refractivity contribution < 1.29 is 0 Å². The number of piperidine rings is 1. The van der Waals surface area contributed by atoms with Gasteiger partial charge >= 0.3 is 0 Å². The second-order valence-corrected chi connectivity index (χ2v) is 5.93. The van der Waals surface area contributed by atoms with Crippen LogP contribution in [0.2, 0.25) is 0 Å². The van der Waals surface area contributed by atoms with Crippen LogP contribution in [0.1, 0.15) is 69.9 Å². The molecule has 1 aromatic rings. The molecule has 0 N–H and O–H groups in total. The Labute approximate surface area is 130 Å². The SMILES string of the molecule is CCCCCCC#CCN1CCCC[C@@H]1c1cccnc1. The van der Waals surface area contributed by atoms with Crippen molar-refractivity contribution in [2.75, 3.05) is 13.1 Å². The Kier molecular flexibility index (Phi) is 7.32. The van der Waals surface area contributed by atoms with E-state index in [9.17, 15) is 0 Å². The first-order chi connectivity index (χ1) is 10.4. The molecule has 0 spiro atoms. The highest BCUT2D eigenvalue weighted by molar-refractivity contribution is 5.16. The summed E-state index contributed by atoms with van der Waals surface area (Å²) in [4.78, 5) is 6.80.